The lowest BCUT2D eigenvalue weighted by Crippen LogP contribution is -2.35. The summed E-state index contributed by atoms with van der Waals surface area (Å²) in [5, 5.41) is 20.3. The summed E-state index contributed by atoms with van der Waals surface area (Å²) in [6.45, 7) is 6.25. The molecule has 4 heteroatoms. The normalized spacial score (nSPS) is 14.7. The number of nitrogens with one attached hydrogen (secondary N) is 1. The van der Waals surface area contributed by atoms with Crippen molar-refractivity contribution in [3.8, 4) is 0 Å². The number of aliphatic hydroxyl groups excluding tert-OH is 1. The summed E-state index contributed by atoms with van der Waals surface area (Å²) in [7, 11) is 0. The lowest BCUT2D eigenvalue weighted by Gasteiger charge is -2.29. The second kappa shape index (κ2) is 5.07. The van der Waals surface area contributed by atoms with Crippen LogP contribution in [0.25, 0.3) is 0 Å². The van der Waals surface area contributed by atoms with E-state index in [0.717, 1.165) is 17.9 Å². The van der Waals surface area contributed by atoms with E-state index in [4.69, 9.17) is 5.11 Å². The first-order valence-electron chi connectivity index (χ1n) is 5.29. The minimum absolute atomic E-state index is 0.112. The monoisotopic (exact) mass is 209 g/mol. The van der Waals surface area contributed by atoms with Crippen LogP contribution in [0.5, 0.6) is 0 Å². The zero-order valence-electron chi connectivity index (χ0n) is 9.62. The van der Waals surface area contributed by atoms with Crippen LogP contribution in [-0.4, -0.2) is 27.4 Å². The zero-order chi connectivity index (χ0) is 11.3. The predicted octanol–water partition coefficient (Wildman–Crippen LogP) is 1.75. The molecule has 0 amide bonds. The van der Waals surface area contributed by atoms with E-state index >= 15 is 0 Å². The summed E-state index contributed by atoms with van der Waals surface area (Å²) in [5.74, 6) is 0.762. The maximum atomic E-state index is 8.98. The molecule has 1 heterocycles. The fourth-order valence-electron chi connectivity index (χ4n) is 1.35. The van der Waals surface area contributed by atoms with Gasteiger partial charge in [-0.15, -0.1) is 5.10 Å². The van der Waals surface area contributed by atoms with Gasteiger partial charge < -0.3 is 10.4 Å². The van der Waals surface area contributed by atoms with E-state index in [0.29, 0.717) is 6.42 Å². The average molecular weight is 209 g/mol. The number of aromatic nitrogens is 2. The summed E-state index contributed by atoms with van der Waals surface area (Å²) in [6, 6.07) is 3.83. The molecule has 0 radical (unpaired) electrons. The predicted molar refractivity (Wildman–Crippen MR) is 60.8 cm³/mol. The van der Waals surface area contributed by atoms with E-state index < -0.39 is 0 Å². The summed E-state index contributed by atoms with van der Waals surface area (Å²) >= 11 is 0. The molecule has 2 N–H and O–H groups in total. The van der Waals surface area contributed by atoms with Crippen LogP contribution in [0.4, 0.5) is 5.82 Å². The third kappa shape index (κ3) is 3.47. The number of aliphatic hydroxyl groups is 1. The van der Waals surface area contributed by atoms with Crippen molar-refractivity contribution < 1.29 is 5.11 Å². The smallest absolute Gasteiger partial charge is 0.149 e. The summed E-state index contributed by atoms with van der Waals surface area (Å²) < 4.78 is 0. The van der Waals surface area contributed by atoms with E-state index in [9.17, 15) is 0 Å². The molecule has 1 atom stereocenters. The molecule has 0 aliphatic carbocycles. The highest BCUT2D eigenvalue weighted by molar-refractivity contribution is 5.36. The van der Waals surface area contributed by atoms with Crippen molar-refractivity contribution in [1.29, 1.82) is 0 Å². The van der Waals surface area contributed by atoms with Gasteiger partial charge in [0, 0.05) is 12.1 Å². The molecule has 0 bridgehead atoms. The molecule has 1 aromatic rings. The first-order valence-corrected chi connectivity index (χ1v) is 5.29. The fourth-order valence-corrected chi connectivity index (χ4v) is 1.35. The largest absolute Gasteiger partial charge is 0.396 e. The van der Waals surface area contributed by atoms with Gasteiger partial charge in [-0.25, -0.2) is 0 Å². The molecular formula is C11H19N3O. The Morgan fingerprint density at radius 3 is 2.60 bits per heavy atom. The van der Waals surface area contributed by atoms with Gasteiger partial charge in [0.15, 0.2) is 0 Å². The van der Waals surface area contributed by atoms with E-state index in [1.807, 2.05) is 19.1 Å². The minimum atomic E-state index is -0.112. The summed E-state index contributed by atoms with van der Waals surface area (Å²) in [5.41, 5.74) is 0.791. The van der Waals surface area contributed by atoms with Crippen LogP contribution in [0.2, 0.25) is 0 Å². The molecule has 1 aromatic heterocycles. The Hall–Kier alpha value is -1.16. The molecular weight excluding hydrogens is 190 g/mol. The lowest BCUT2D eigenvalue weighted by molar-refractivity contribution is 0.251. The van der Waals surface area contributed by atoms with Gasteiger partial charge in [0.1, 0.15) is 5.82 Å². The standard InChI is InChI=1S/C11H19N3O/c1-4-11(3,7-8-15)12-10-6-5-9(2)13-14-10/h5-6,15H,4,7-8H2,1-3H3,(H,12,14). The first-order chi connectivity index (χ1) is 7.09. The van der Waals surface area contributed by atoms with Gasteiger partial charge in [0.2, 0.25) is 0 Å². The number of aryl methyl sites for hydroxylation is 1. The highest BCUT2D eigenvalue weighted by Crippen LogP contribution is 2.19. The highest BCUT2D eigenvalue weighted by atomic mass is 16.3. The Balaban J connectivity index is 2.70. The van der Waals surface area contributed by atoms with Gasteiger partial charge in [-0.3, -0.25) is 0 Å². The van der Waals surface area contributed by atoms with E-state index in [1.165, 1.54) is 0 Å². The van der Waals surface area contributed by atoms with E-state index in [-0.39, 0.29) is 12.1 Å². The molecule has 0 spiro atoms. The maximum Gasteiger partial charge on any atom is 0.149 e. The Morgan fingerprint density at radius 2 is 2.13 bits per heavy atom. The van der Waals surface area contributed by atoms with Crippen molar-refractivity contribution in [2.45, 2.75) is 39.2 Å². The van der Waals surface area contributed by atoms with Crippen LogP contribution >= 0.6 is 0 Å². The summed E-state index contributed by atoms with van der Waals surface area (Å²) in [6.07, 6.45) is 1.64. The van der Waals surface area contributed by atoms with E-state index in [1.54, 1.807) is 0 Å². The number of anilines is 1. The molecule has 0 saturated heterocycles. The Kier molecular flexibility index (Phi) is 4.03. The Bertz CT molecular complexity index is 299. The molecule has 0 fully saturated rings. The molecule has 0 saturated carbocycles. The van der Waals surface area contributed by atoms with Crippen molar-refractivity contribution in [3.63, 3.8) is 0 Å². The third-order valence-electron chi connectivity index (χ3n) is 2.67. The van der Waals surface area contributed by atoms with Gasteiger partial charge in [-0.2, -0.15) is 5.10 Å². The van der Waals surface area contributed by atoms with Crippen LogP contribution < -0.4 is 5.32 Å². The molecule has 84 valence electrons. The average Bonchev–Trinajstić information content (AvgIpc) is 2.22. The van der Waals surface area contributed by atoms with Gasteiger partial charge in [0.25, 0.3) is 0 Å². The molecule has 1 rings (SSSR count). The molecule has 0 aromatic carbocycles. The molecule has 1 unspecified atom stereocenters. The molecule has 0 aliphatic rings. The van der Waals surface area contributed by atoms with Gasteiger partial charge in [0.05, 0.1) is 5.69 Å². The van der Waals surface area contributed by atoms with Crippen LogP contribution in [0, 0.1) is 6.92 Å². The van der Waals surface area contributed by atoms with Gasteiger partial charge in [-0.05, 0) is 38.8 Å². The lowest BCUT2D eigenvalue weighted by atomic mass is 9.95. The topological polar surface area (TPSA) is 58.0 Å². The number of hydrogen-bond donors (Lipinski definition) is 2. The Morgan fingerprint density at radius 1 is 1.40 bits per heavy atom. The first kappa shape index (κ1) is 11.9. The zero-order valence-corrected chi connectivity index (χ0v) is 9.62. The van der Waals surface area contributed by atoms with Crippen molar-refractivity contribution in [1.82, 2.24) is 10.2 Å². The minimum Gasteiger partial charge on any atom is -0.396 e. The van der Waals surface area contributed by atoms with Crippen LogP contribution in [0.1, 0.15) is 32.4 Å². The molecule has 0 aliphatic heterocycles. The number of nitrogens with zero attached hydrogens (tertiary/aromatic N) is 2. The van der Waals surface area contributed by atoms with Gasteiger partial charge in [-0.1, -0.05) is 6.92 Å². The summed E-state index contributed by atoms with van der Waals surface area (Å²) in [4.78, 5) is 0. The van der Waals surface area contributed by atoms with Crippen LogP contribution in [0.3, 0.4) is 0 Å². The van der Waals surface area contributed by atoms with Crippen LogP contribution in [0.15, 0.2) is 12.1 Å². The third-order valence-corrected chi connectivity index (χ3v) is 2.67. The van der Waals surface area contributed by atoms with Gasteiger partial charge >= 0.3 is 0 Å². The van der Waals surface area contributed by atoms with Crippen molar-refractivity contribution in [3.05, 3.63) is 17.8 Å². The van der Waals surface area contributed by atoms with Crippen molar-refractivity contribution in [2.24, 2.45) is 0 Å². The highest BCUT2D eigenvalue weighted by Gasteiger charge is 2.21. The van der Waals surface area contributed by atoms with Crippen molar-refractivity contribution >= 4 is 5.82 Å². The molecule has 15 heavy (non-hydrogen) atoms. The number of hydrogen-bond acceptors (Lipinski definition) is 4. The second-order valence-electron chi connectivity index (χ2n) is 4.07. The number of rotatable bonds is 5. The fraction of sp³-hybridized carbons (Fsp3) is 0.636. The maximum absolute atomic E-state index is 8.98. The molecule has 4 nitrogen and oxygen atoms in total. The van der Waals surface area contributed by atoms with E-state index in [2.05, 4.69) is 29.4 Å². The quantitative estimate of drug-likeness (QED) is 0.775. The van der Waals surface area contributed by atoms with Crippen molar-refractivity contribution in [2.75, 3.05) is 11.9 Å². The second-order valence-corrected chi connectivity index (χ2v) is 4.07. The SMILES string of the molecule is CCC(C)(CCO)Nc1ccc(C)nn1. The van der Waals surface area contributed by atoms with Crippen LogP contribution in [-0.2, 0) is 0 Å². The Labute approximate surface area is 90.7 Å².